The van der Waals surface area contributed by atoms with Gasteiger partial charge in [0.2, 0.25) is 0 Å². The molecule has 0 radical (unpaired) electrons. The summed E-state index contributed by atoms with van der Waals surface area (Å²) in [4.78, 5) is 2.03. The minimum atomic E-state index is -4.63. The van der Waals surface area contributed by atoms with Crippen LogP contribution in [0.3, 0.4) is 0 Å². The molecule has 3 rings (SSSR count). The summed E-state index contributed by atoms with van der Waals surface area (Å²) in [6, 6.07) is 10.6. The number of halogens is 3. The Morgan fingerprint density at radius 3 is 2.42 bits per heavy atom. The maximum atomic E-state index is 13.3. The number of nitrogens with zero attached hydrogens (tertiary/aromatic N) is 2. The molecule has 0 saturated carbocycles. The van der Waals surface area contributed by atoms with Crippen molar-refractivity contribution in [3.8, 4) is 6.07 Å². The third-order valence-electron chi connectivity index (χ3n) is 3.75. The molecule has 1 N–H and O–H groups in total. The number of rotatable bonds is 3. The van der Waals surface area contributed by atoms with Crippen LogP contribution < -0.4 is 9.84 Å². The number of anilines is 1. The van der Waals surface area contributed by atoms with Gasteiger partial charge in [0, 0.05) is 0 Å². The number of nitrogens with one attached hydrogen (secondary N) is 1. The van der Waals surface area contributed by atoms with E-state index in [0.717, 1.165) is 11.1 Å². The van der Waals surface area contributed by atoms with Crippen molar-refractivity contribution in [3.05, 3.63) is 65.2 Å². The van der Waals surface area contributed by atoms with Crippen molar-refractivity contribution in [2.24, 2.45) is 0 Å². The fourth-order valence-electron chi connectivity index (χ4n) is 2.59. The van der Waals surface area contributed by atoms with Gasteiger partial charge in [0.15, 0.2) is 0 Å². The molecule has 1 heterocycles. The molecule has 2 aromatic carbocycles. The SMILES string of the molecule is N#Cc1ccc(S(=O)(=O)NN2CC=Cc3cccc(C(F)(F)F)c32)cc1. The average molecular weight is 379 g/mol. The summed E-state index contributed by atoms with van der Waals surface area (Å²) in [6.45, 7) is -0.0599. The van der Waals surface area contributed by atoms with Crippen molar-refractivity contribution in [2.75, 3.05) is 11.6 Å². The van der Waals surface area contributed by atoms with Crippen LogP contribution in [0.25, 0.3) is 6.08 Å². The predicted octanol–water partition coefficient (Wildman–Crippen LogP) is 3.30. The first-order valence-corrected chi connectivity index (χ1v) is 8.87. The lowest BCUT2D eigenvalue weighted by Crippen LogP contribution is -2.44. The average Bonchev–Trinajstić information content (AvgIpc) is 2.60. The van der Waals surface area contributed by atoms with E-state index < -0.39 is 21.8 Å². The number of hydrazine groups is 1. The van der Waals surface area contributed by atoms with Crippen molar-refractivity contribution >= 4 is 21.8 Å². The van der Waals surface area contributed by atoms with E-state index in [0.29, 0.717) is 0 Å². The second kappa shape index (κ2) is 6.48. The second-order valence-electron chi connectivity index (χ2n) is 5.49. The van der Waals surface area contributed by atoms with Crippen LogP contribution in [0.1, 0.15) is 16.7 Å². The number of hydrogen-bond donors (Lipinski definition) is 1. The minimum Gasteiger partial charge on any atom is -0.290 e. The van der Waals surface area contributed by atoms with Gasteiger partial charge in [0.25, 0.3) is 10.0 Å². The summed E-state index contributed by atoms with van der Waals surface area (Å²) in [5.41, 5.74) is -0.648. The highest BCUT2D eigenvalue weighted by Crippen LogP contribution is 2.40. The Morgan fingerprint density at radius 2 is 1.81 bits per heavy atom. The van der Waals surface area contributed by atoms with Crippen LogP contribution in [0.5, 0.6) is 0 Å². The smallest absolute Gasteiger partial charge is 0.290 e. The van der Waals surface area contributed by atoms with E-state index in [1.165, 1.54) is 42.5 Å². The van der Waals surface area contributed by atoms with Crippen LogP contribution in [-0.2, 0) is 16.2 Å². The van der Waals surface area contributed by atoms with Crippen molar-refractivity contribution in [3.63, 3.8) is 0 Å². The molecular weight excluding hydrogens is 367 g/mol. The quantitative estimate of drug-likeness (QED) is 0.888. The van der Waals surface area contributed by atoms with Gasteiger partial charge >= 0.3 is 6.18 Å². The summed E-state index contributed by atoms with van der Waals surface area (Å²) in [5.74, 6) is 0. The molecule has 0 unspecified atom stereocenters. The van der Waals surface area contributed by atoms with Crippen LogP contribution in [0.2, 0.25) is 0 Å². The van der Waals surface area contributed by atoms with Crippen molar-refractivity contribution < 1.29 is 21.6 Å². The molecule has 1 aliphatic heterocycles. The highest BCUT2D eigenvalue weighted by molar-refractivity contribution is 7.89. The first-order valence-electron chi connectivity index (χ1n) is 7.39. The summed E-state index contributed by atoms with van der Waals surface area (Å²) in [5, 5.41) is 9.72. The Hall–Kier alpha value is -2.83. The number of fused-ring (bicyclic) bond motifs is 1. The first kappa shape index (κ1) is 18.0. The van der Waals surface area contributed by atoms with Gasteiger partial charge in [0.05, 0.1) is 34.3 Å². The standard InChI is InChI=1S/C17H12F3N3O2S/c18-17(19,20)15-5-1-3-13-4-2-10-23(16(13)15)22-26(24,25)14-8-6-12(11-21)7-9-14/h1-9,22H,10H2. The third kappa shape index (κ3) is 3.42. The van der Waals surface area contributed by atoms with Crippen LogP contribution in [0, 0.1) is 11.3 Å². The van der Waals surface area contributed by atoms with Crippen LogP contribution in [-0.4, -0.2) is 15.0 Å². The molecule has 0 spiro atoms. The zero-order valence-corrected chi connectivity index (χ0v) is 14.0. The molecule has 0 saturated heterocycles. The van der Waals surface area contributed by atoms with Gasteiger partial charge in [0.1, 0.15) is 0 Å². The highest BCUT2D eigenvalue weighted by atomic mass is 32.2. The fourth-order valence-corrected chi connectivity index (χ4v) is 3.65. The number of nitriles is 1. The van der Waals surface area contributed by atoms with E-state index >= 15 is 0 Å². The van der Waals surface area contributed by atoms with E-state index in [4.69, 9.17) is 5.26 Å². The topological polar surface area (TPSA) is 73.2 Å². The lowest BCUT2D eigenvalue weighted by Gasteiger charge is -2.30. The van der Waals surface area contributed by atoms with Gasteiger partial charge < -0.3 is 0 Å². The van der Waals surface area contributed by atoms with Crippen molar-refractivity contribution in [1.82, 2.24) is 4.83 Å². The molecule has 0 bridgehead atoms. The summed E-state index contributed by atoms with van der Waals surface area (Å²) in [6.07, 6.45) is -1.56. The Balaban J connectivity index is 2.00. The van der Waals surface area contributed by atoms with Gasteiger partial charge in [-0.05, 0) is 35.9 Å². The van der Waals surface area contributed by atoms with E-state index in [1.54, 1.807) is 6.08 Å². The Morgan fingerprint density at radius 1 is 1.12 bits per heavy atom. The molecule has 0 aromatic heterocycles. The van der Waals surface area contributed by atoms with Gasteiger partial charge in [-0.2, -0.15) is 18.4 Å². The van der Waals surface area contributed by atoms with Gasteiger partial charge in [-0.3, -0.25) is 5.01 Å². The third-order valence-corrected chi connectivity index (χ3v) is 5.11. The lowest BCUT2D eigenvalue weighted by atomic mass is 10.0. The molecule has 9 heteroatoms. The molecule has 26 heavy (non-hydrogen) atoms. The van der Waals surface area contributed by atoms with Crippen molar-refractivity contribution in [2.45, 2.75) is 11.1 Å². The van der Waals surface area contributed by atoms with Gasteiger partial charge in [-0.1, -0.05) is 24.3 Å². The number of sulfonamides is 1. The van der Waals surface area contributed by atoms with Crippen LogP contribution in [0.15, 0.2) is 53.4 Å². The number of benzene rings is 2. The van der Waals surface area contributed by atoms with E-state index in [-0.39, 0.29) is 28.3 Å². The normalized spacial score (nSPS) is 14.0. The summed E-state index contributed by atoms with van der Waals surface area (Å²) < 4.78 is 65.0. The Bertz CT molecular complexity index is 1010. The molecule has 5 nitrogen and oxygen atoms in total. The number of para-hydroxylation sites is 1. The highest BCUT2D eigenvalue weighted by Gasteiger charge is 2.37. The predicted molar refractivity (Wildman–Crippen MR) is 89.3 cm³/mol. The Kier molecular flexibility index (Phi) is 4.48. The Labute approximate surface area is 148 Å². The van der Waals surface area contributed by atoms with E-state index in [1.807, 2.05) is 6.07 Å². The van der Waals surface area contributed by atoms with Crippen LogP contribution >= 0.6 is 0 Å². The van der Waals surface area contributed by atoms with E-state index in [2.05, 4.69) is 4.83 Å². The van der Waals surface area contributed by atoms with Gasteiger partial charge in [-0.15, -0.1) is 4.83 Å². The molecule has 134 valence electrons. The lowest BCUT2D eigenvalue weighted by molar-refractivity contribution is -0.137. The van der Waals surface area contributed by atoms with Crippen molar-refractivity contribution in [1.29, 1.82) is 5.26 Å². The maximum absolute atomic E-state index is 13.3. The molecule has 0 aliphatic carbocycles. The monoisotopic (exact) mass is 379 g/mol. The summed E-state index contributed by atoms with van der Waals surface area (Å²) in [7, 11) is -4.12. The van der Waals surface area contributed by atoms with Gasteiger partial charge in [-0.25, -0.2) is 8.42 Å². The molecule has 2 aromatic rings. The maximum Gasteiger partial charge on any atom is 0.418 e. The largest absolute Gasteiger partial charge is 0.418 e. The summed E-state index contributed by atoms with van der Waals surface area (Å²) >= 11 is 0. The first-order chi connectivity index (χ1) is 12.2. The molecule has 1 aliphatic rings. The zero-order chi connectivity index (χ0) is 18.9. The minimum absolute atomic E-state index is 0.0599. The second-order valence-corrected chi connectivity index (χ2v) is 7.15. The molecule has 0 amide bonds. The fraction of sp³-hybridized carbons (Fsp3) is 0.118. The molecule has 0 atom stereocenters. The molecular formula is C17H12F3N3O2S. The number of hydrogen-bond acceptors (Lipinski definition) is 4. The zero-order valence-electron chi connectivity index (χ0n) is 13.2. The van der Waals surface area contributed by atoms with E-state index in [9.17, 15) is 21.6 Å². The van der Waals surface area contributed by atoms with Crippen LogP contribution in [0.4, 0.5) is 18.9 Å². The number of alkyl halides is 3. The molecule has 0 fully saturated rings.